The van der Waals surface area contributed by atoms with Gasteiger partial charge < -0.3 is 14.8 Å². The first kappa shape index (κ1) is 22.4. The Kier molecular flexibility index (Phi) is 6.95. The van der Waals surface area contributed by atoms with Crippen molar-refractivity contribution in [3.8, 4) is 11.5 Å². The average Bonchev–Trinajstić information content (AvgIpc) is 3.48. The van der Waals surface area contributed by atoms with Crippen molar-refractivity contribution in [1.82, 2.24) is 19.6 Å². The topological polar surface area (TPSA) is 83.2 Å². The quantitative estimate of drug-likeness (QED) is 0.379. The first-order valence-corrected chi connectivity index (χ1v) is 10.9. The van der Waals surface area contributed by atoms with Crippen LogP contribution in [0.15, 0.2) is 67.1 Å². The molecule has 2 heterocycles. The fourth-order valence-electron chi connectivity index (χ4n) is 3.07. The highest BCUT2D eigenvalue weighted by atomic mass is 35.5. The molecule has 2 aromatic heterocycles. The van der Waals surface area contributed by atoms with E-state index in [1.807, 2.05) is 43.3 Å². The van der Waals surface area contributed by atoms with Crippen LogP contribution in [0.1, 0.15) is 28.5 Å². The van der Waals surface area contributed by atoms with Gasteiger partial charge in [-0.05, 0) is 54.8 Å². The Balaban J connectivity index is 1.29. The molecule has 170 valence electrons. The van der Waals surface area contributed by atoms with Crippen LogP contribution in [0.4, 0.5) is 5.69 Å². The summed E-state index contributed by atoms with van der Waals surface area (Å²) in [7, 11) is 0. The number of benzene rings is 2. The van der Waals surface area contributed by atoms with Gasteiger partial charge in [-0.3, -0.25) is 4.79 Å². The van der Waals surface area contributed by atoms with Gasteiger partial charge in [-0.15, -0.1) is 0 Å². The van der Waals surface area contributed by atoms with E-state index in [1.54, 1.807) is 35.4 Å². The molecular weight excluding hydrogens is 442 g/mol. The average molecular weight is 466 g/mol. The largest absolute Gasteiger partial charge is 0.471 e. The van der Waals surface area contributed by atoms with E-state index in [2.05, 4.69) is 22.4 Å². The van der Waals surface area contributed by atoms with Crippen LogP contribution in [0.3, 0.4) is 0 Å². The molecule has 4 rings (SSSR count). The summed E-state index contributed by atoms with van der Waals surface area (Å²) < 4.78 is 14.6. The van der Waals surface area contributed by atoms with Gasteiger partial charge in [-0.25, -0.2) is 9.36 Å². The third-order valence-corrected chi connectivity index (χ3v) is 5.21. The Morgan fingerprint density at radius 2 is 1.85 bits per heavy atom. The number of nitrogens with one attached hydrogen (secondary N) is 1. The van der Waals surface area contributed by atoms with Crippen LogP contribution in [0.25, 0.3) is 0 Å². The summed E-state index contributed by atoms with van der Waals surface area (Å²) >= 11 is 6.14. The molecule has 0 aliphatic carbocycles. The molecule has 0 unspecified atom stereocenters. The van der Waals surface area contributed by atoms with Gasteiger partial charge in [0.05, 0.1) is 23.1 Å². The van der Waals surface area contributed by atoms with Gasteiger partial charge >= 0.3 is 0 Å². The molecule has 33 heavy (non-hydrogen) atoms. The Bertz CT molecular complexity index is 1230. The van der Waals surface area contributed by atoms with Crippen molar-refractivity contribution in [3.63, 3.8) is 0 Å². The lowest BCUT2D eigenvalue weighted by Crippen LogP contribution is -2.14. The van der Waals surface area contributed by atoms with Gasteiger partial charge in [0.25, 0.3) is 5.91 Å². The van der Waals surface area contributed by atoms with E-state index in [1.165, 1.54) is 10.2 Å². The lowest BCUT2D eigenvalue weighted by molar-refractivity contribution is 0.102. The molecule has 0 aliphatic heterocycles. The molecule has 1 amide bonds. The van der Waals surface area contributed by atoms with Crippen LogP contribution in [-0.2, 0) is 19.9 Å². The second kappa shape index (κ2) is 10.2. The van der Waals surface area contributed by atoms with Crippen molar-refractivity contribution >= 4 is 23.2 Å². The molecule has 0 saturated heterocycles. The molecule has 0 bridgehead atoms. The van der Waals surface area contributed by atoms with Crippen LogP contribution in [-0.4, -0.2) is 25.5 Å². The summed E-state index contributed by atoms with van der Waals surface area (Å²) in [6.45, 7) is 4.42. The van der Waals surface area contributed by atoms with Crippen LogP contribution < -0.4 is 14.8 Å². The summed E-state index contributed by atoms with van der Waals surface area (Å²) in [4.78, 5) is 12.5. The van der Waals surface area contributed by atoms with Crippen molar-refractivity contribution in [2.24, 2.45) is 0 Å². The molecule has 0 saturated carbocycles. The number of ether oxygens (including phenoxy) is 2. The number of carbonyl (C=O) groups is 1. The Labute approximate surface area is 196 Å². The summed E-state index contributed by atoms with van der Waals surface area (Å²) in [5.74, 6) is 0.972. The number of nitrogens with zero attached hydrogens (tertiary/aromatic N) is 4. The van der Waals surface area contributed by atoms with E-state index < -0.39 is 0 Å². The summed E-state index contributed by atoms with van der Waals surface area (Å²) in [5.41, 5.74) is 3.09. The summed E-state index contributed by atoms with van der Waals surface area (Å²) in [5, 5.41) is 11.8. The molecule has 1 N–H and O–H groups in total. The molecule has 2 aromatic carbocycles. The molecule has 0 atom stereocenters. The van der Waals surface area contributed by atoms with E-state index in [0.717, 1.165) is 17.7 Å². The molecule has 0 radical (unpaired) electrons. The van der Waals surface area contributed by atoms with Crippen molar-refractivity contribution in [1.29, 1.82) is 0 Å². The zero-order valence-electron chi connectivity index (χ0n) is 18.4. The van der Waals surface area contributed by atoms with Crippen LogP contribution >= 0.6 is 11.6 Å². The minimum atomic E-state index is -0.349. The standard InChI is InChI=1S/C24H24ClN5O3/c1-3-18-5-7-20(8-6-18)32-16-30-14-19(13-26-30)27-24(31)22-10-11-29(28-22)15-33-23-12-17(2)4-9-21(23)25/h4-14H,3,15-16H2,1-2H3,(H,27,31). The van der Waals surface area contributed by atoms with Gasteiger partial charge in [0, 0.05) is 6.20 Å². The number of hydrogen-bond acceptors (Lipinski definition) is 5. The minimum absolute atomic E-state index is 0.130. The van der Waals surface area contributed by atoms with E-state index in [4.69, 9.17) is 21.1 Å². The number of hydrogen-bond donors (Lipinski definition) is 1. The molecule has 8 nitrogen and oxygen atoms in total. The number of aryl methyl sites for hydroxylation is 2. The Hall–Kier alpha value is -3.78. The maximum absolute atomic E-state index is 12.5. The first-order chi connectivity index (χ1) is 16.0. The number of halogens is 1. The lowest BCUT2D eigenvalue weighted by atomic mass is 10.2. The fraction of sp³-hybridized carbons (Fsp3) is 0.208. The third-order valence-electron chi connectivity index (χ3n) is 4.90. The number of aromatic nitrogens is 4. The van der Waals surface area contributed by atoms with Crippen LogP contribution in [0, 0.1) is 6.92 Å². The predicted molar refractivity (Wildman–Crippen MR) is 126 cm³/mol. The predicted octanol–water partition coefficient (Wildman–Crippen LogP) is 4.93. The maximum atomic E-state index is 12.5. The van der Waals surface area contributed by atoms with Gasteiger partial charge in [-0.1, -0.05) is 36.7 Å². The second-order valence-electron chi connectivity index (χ2n) is 7.44. The molecule has 4 aromatic rings. The van der Waals surface area contributed by atoms with Crippen molar-refractivity contribution in [2.75, 3.05) is 5.32 Å². The minimum Gasteiger partial charge on any atom is -0.471 e. The lowest BCUT2D eigenvalue weighted by Gasteiger charge is -2.08. The van der Waals surface area contributed by atoms with Gasteiger partial charge in [0.1, 0.15) is 11.5 Å². The van der Waals surface area contributed by atoms with E-state index in [9.17, 15) is 4.79 Å². The number of amides is 1. The van der Waals surface area contributed by atoms with E-state index in [0.29, 0.717) is 16.5 Å². The second-order valence-corrected chi connectivity index (χ2v) is 7.85. The van der Waals surface area contributed by atoms with Crippen molar-refractivity contribution in [2.45, 2.75) is 33.7 Å². The highest BCUT2D eigenvalue weighted by Gasteiger charge is 2.12. The van der Waals surface area contributed by atoms with E-state index >= 15 is 0 Å². The first-order valence-electron chi connectivity index (χ1n) is 10.5. The normalized spacial score (nSPS) is 10.8. The molecule has 9 heteroatoms. The van der Waals surface area contributed by atoms with Crippen molar-refractivity contribution < 1.29 is 14.3 Å². The number of anilines is 1. The highest BCUT2D eigenvalue weighted by molar-refractivity contribution is 6.32. The molecular formula is C24H24ClN5O3. The monoisotopic (exact) mass is 465 g/mol. The Morgan fingerprint density at radius 1 is 1.06 bits per heavy atom. The summed E-state index contributed by atoms with van der Waals surface area (Å²) in [6.07, 6.45) is 5.90. The zero-order valence-corrected chi connectivity index (χ0v) is 19.1. The SMILES string of the molecule is CCc1ccc(OCn2cc(NC(=O)c3ccn(COc4cc(C)ccc4Cl)n3)cn2)cc1. The smallest absolute Gasteiger partial charge is 0.276 e. The van der Waals surface area contributed by atoms with Crippen molar-refractivity contribution in [3.05, 3.63) is 89.0 Å². The number of carbonyl (C=O) groups excluding carboxylic acids is 1. The van der Waals surface area contributed by atoms with Gasteiger partial charge in [0.2, 0.25) is 0 Å². The van der Waals surface area contributed by atoms with Gasteiger partial charge in [-0.2, -0.15) is 10.2 Å². The number of rotatable bonds is 9. The molecule has 0 fully saturated rings. The fourth-order valence-corrected chi connectivity index (χ4v) is 3.24. The van der Waals surface area contributed by atoms with Gasteiger partial charge in [0.15, 0.2) is 19.2 Å². The zero-order chi connectivity index (χ0) is 23.2. The molecule has 0 spiro atoms. The van der Waals surface area contributed by atoms with Crippen LogP contribution in [0.5, 0.6) is 11.5 Å². The Morgan fingerprint density at radius 3 is 2.64 bits per heavy atom. The highest BCUT2D eigenvalue weighted by Crippen LogP contribution is 2.25. The maximum Gasteiger partial charge on any atom is 0.276 e. The summed E-state index contributed by atoms with van der Waals surface area (Å²) in [6, 6.07) is 15.1. The molecule has 0 aliphatic rings. The van der Waals surface area contributed by atoms with Crippen LogP contribution in [0.2, 0.25) is 5.02 Å². The van der Waals surface area contributed by atoms with E-state index in [-0.39, 0.29) is 25.1 Å². The third kappa shape index (κ3) is 5.93.